The predicted molar refractivity (Wildman–Crippen MR) is 326 cm³/mol. The Hall–Kier alpha value is -10.7. The van der Waals surface area contributed by atoms with Crippen LogP contribution in [0.3, 0.4) is 0 Å². The number of ketones is 2. The molecule has 2 aliphatic carbocycles. The highest BCUT2D eigenvalue weighted by Crippen LogP contribution is 2.37. The van der Waals surface area contributed by atoms with Crippen molar-refractivity contribution in [1.82, 2.24) is 20.6 Å². The van der Waals surface area contributed by atoms with Crippen molar-refractivity contribution < 1.29 is 66.8 Å². The van der Waals surface area contributed by atoms with Gasteiger partial charge in [0.25, 0.3) is 11.8 Å². The van der Waals surface area contributed by atoms with Crippen LogP contribution < -0.4 is 37.3 Å². The predicted octanol–water partition coefficient (Wildman–Crippen LogP) is 7.18. The van der Waals surface area contributed by atoms with Crippen LogP contribution in [0, 0.1) is 22.7 Å². The van der Waals surface area contributed by atoms with Gasteiger partial charge in [0.15, 0.2) is 23.0 Å². The molecule has 8 rings (SSSR count). The molecular formula is C65H67N9O14. The van der Waals surface area contributed by atoms with E-state index in [1.807, 2.05) is 0 Å². The second-order valence-electron chi connectivity index (χ2n) is 20.3. The van der Waals surface area contributed by atoms with E-state index in [9.17, 15) is 38.4 Å². The van der Waals surface area contributed by atoms with Crippen molar-refractivity contribution in [2.75, 3.05) is 47.4 Å². The number of Topliss-reactive ketones (excluding diaryl/α,β-unsaturated/α-hetero) is 2. The number of nitrogens with two attached hydrogens (primary N) is 3. The molecule has 0 unspecified atom stereocenters. The lowest BCUT2D eigenvalue weighted by Crippen LogP contribution is -2.27. The Morgan fingerprint density at radius 3 is 1.27 bits per heavy atom. The number of rotatable bonds is 28. The number of methoxy groups -OCH3 is 2. The van der Waals surface area contributed by atoms with Gasteiger partial charge in [-0.1, -0.05) is 80.8 Å². The fourth-order valence-electron chi connectivity index (χ4n) is 8.75. The minimum absolute atomic E-state index is 0.00404. The first-order chi connectivity index (χ1) is 42.3. The van der Waals surface area contributed by atoms with Gasteiger partial charge in [0.1, 0.15) is 34.6 Å². The number of pyridine rings is 2. The maximum Gasteiger partial charge on any atom is 0.360 e. The number of aromatic nitrogens is 2. The Morgan fingerprint density at radius 1 is 0.557 bits per heavy atom. The van der Waals surface area contributed by atoms with E-state index in [1.54, 1.807) is 85.8 Å². The maximum atomic E-state index is 13.8. The lowest BCUT2D eigenvalue weighted by atomic mass is 9.90. The van der Waals surface area contributed by atoms with E-state index >= 15 is 0 Å². The third-order valence-electron chi connectivity index (χ3n) is 14.0. The van der Waals surface area contributed by atoms with Gasteiger partial charge in [-0.25, -0.2) is 19.6 Å². The highest BCUT2D eigenvalue weighted by Gasteiger charge is 2.29. The summed E-state index contributed by atoms with van der Waals surface area (Å²) in [5, 5.41) is 20.8. The van der Waals surface area contributed by atoms with Crippen LogP contribution in [0.4, 0.5) is 0 Å². The van der Waals surface area contributed by atoms with Crippen molar-refractivity contribution in [2.24, 2.45) is 29.0 Å². The van der Waals surface area contributed by atoms with Crippen LogP contribution in [-0.2, 0) is 41.4 Å². The molecule has 2 heterocycles. The van der Waals surface area contributed by atoms with Gasteiger partial charge in [0.05, 0.1) is 20.8 Å². The SMILES string of the molecule is C=Cc1cc(C(=O)Cc2ccc(C(=N)N)cc2)c(-c2ccc(C(=O)NCC3CC3)nc2C(=O)OCOC(=O)CC)cc1OC.C=Cc1cc(C(=O)Cc2ccc(C(=N)N)cc2)c(-c2ccc(C(=O)NCC3CC3)nc2C(=O)OCOC(=O)CN)cc1OC. The second kappa shape index (κ2) is 30.4. The van der Waals surface area contributed by atoms with E-state index in [2.05, 4.69) is 33.8 Å². The van der Waals surface area contributed by atoms with Crippen molar-refractivity contribution >= 4 is 71.1 Å². The summed E-state index contributed by atoms with van der Waals surface area (Å²) in [6, 6.07) is 25.8. The smallest absolute Gasteiger partial charge is 0.360 e. The monoisotopic (exact) mass is 1200 g/mol. The molecule has 4 aromatic carbocycles. The summed E-state index contributed by atoms with van der Waals surface area (Å²) in [4.78, 5) is 112. The molecule has 0 spiro atoms. The van der Waals surface area contributed by atoms with Crippen LogP contribution in [0.1, 0.15) is 135 Å². The van der Waals surface area contributed by atoms with Crippen molar-refractivity contribution in [3.8, 4) is 33.8 Å². The first-order valence-corrected chi connectivity index (χ1v) is 27.9. The number of hydrogen-bond donors (Lipinski definition) is 7. The van der Waals surface area contributed by atoms with Crippen LogP contribution in [0.25, 0.3) is 34.4 Å². The molecule has 23 heteroatoms. The van der Waals surface area contributed by atoms with Crippen LogP contribution >= 0.6 is 0 Å². The fraction of sp³-hybridized carbons (Fsp3) is 0.262. The minimum Gasteiger partial charge on any atom is -0.496 e. The summed E-state index contributed by atoms with van der Waals surface area (Å²) in [7, 11) is 2.92. The number of carbonyl (C=O) groups is 8. The van der Waals surface area contributed by atoms with Gasteiger partial charge in [0.2, 0.25) is 13.6 Å². The molecular weight excluding hydrogens is 1130 g/mol. The van der Waals surface area contributed by atoms with Crippen LogP contribution in [0.5, 0.6) is 11.5 Å². The Labute approximate surface area is 507 Å². The number of hydrogen-bond acceptors (Lipinski definition) is 19. The molecule has 88 heavy (non-hydrogen) atoms. The molecule has 0 saturated heterocycles. The van der Waals surface area contributed by atoms with Gasteiger partial charge in [0, 0.05) is 76.9 Å². The quantitative estimate of drug-likeness (QED) is 0.00840. The third-order valence-corrected chi connectivity index (χ3v) is 14.0. The van der Waals surface area contributed by atoms with Crippen molar-refractivity contribution in [3.05, 3.63) is 178 Å². The van der Waals surface area contributed by atoms with E-state index in [4.69, 9.17) is 56.4 Å². The number of amides is 2. The van der Waals surface area contributed by atoms with Gasteiger partial charge >= 0.3 is 23.9 Å². The summed E-state index contributed by atoms with van der Waals surface area (Å²) in [5.41, 5.74) is 20.7. The molecule has 0 radical (unpaired) electrons. The first-order valence-electron chi connectivity index (χ1n) is 27.9. The summed E-state index contributed by atoms with van der Waals surface area (Å²) in [6.45, 7) is 8.45. The molecule has 10 N–H and O–H groups in total. The second-order valence-corrected chi connectivity index (χ2v) is 20.3. The largest absolute Gasteiger partial charge is 0.496 e. The molecule has 0 atom stereocenters. The molecule has 2 aliphatic rings. The number of ether oxygens (including phenoxy) is 6. The van der Waals surface area contributed by atoms with Gasteiger partial charge in [-0.3, -0.25) is 39.6 Å². The topological polar surface area (TPSA) is 368 Å². The summed E-state index contributed by atoms with van der Waals surface area (Å²) in [5.74, 6) is -3.38. The Kier molecular flexibility index (Phi) is 22.4. The van der Waals surface area contributed by atoms with E-state index < -0.39 is 55.8 Å². The number of carbonyl (C=O) groups excluding carboxylic acids is 8. The molecule has 2 aromatic heterocycles. The molecule has 0 bridgehead atoms. The molecule has 2 saturated carbocycles. The average molecular weight is 1200 g/mol. The summed E-state index contributed by atoms with van der Waals surface area (Å²) < 4.78 is 31.1. The maximum absolute atomic E-state index is 13.8. The lowest BCUT2D eigenvalue weighted by Gasteiger charge is -2.17. The number of esters is 4. The zero-order chi connectivity index (χ0) is 63.6. The summed E-state index contributed by atoms with van der Waals surface area (Å²) >= 11 is 0. The minimum atomic E-state index is -0.994. The molecule has 2 amide bonds. The molecule has 0 aliphatic heterocycles. The van der Waals surface area contributed by atoms with E-state index in [0.717, 1.165) is 25.7 Å². The van der Waals surface area contributed by atoms with Crippen LogP contribution in [0.15, 0.2) is 110 Å². The fourth-order valence-corrected chi connectivity index (χ4v) is 8.75. The van der Waals surface area contributed by atoms with E-state index in [-0.39, 0.29) is 87.5 Å². The highest BCUT2D eigenvalue weighted by molar-refractivity contribution is 6.09. The van der Waals surface area contributed by atoms with Gasteiger partial charge in [-0.2, -0.15) is 0 Å². The number of amidine groups is 2. The number of nitrogen functional groups attached to an aromatic ring is 2. The highest BCUT2D eigenvalue weighted by atomic mass is 16.7. The normalized spacial score (nSPS) is 12.1. The van der Waals surface area contributed by atoms with E-state index in [1.165, 1.54) is 44.6 Å². The molecule has 23 nitrogen and oxygen atoms in total. The van der Waals surface area contributed by atoms with Crippen LogP contribution in [0.2, 0.25) is 0 Å². The van der Waals surface area contributed by atoms with Crippen molar-refractivity contribution in [2.45, 2.75) is 51.9 Å². The van der Waals surface area contributed by atoms with Gasteiger partial charge < -0.3 is 56.3 Å². The lowest BCUT2D eigenvalue weighted by molar-refractivity contribution is -0.152. The number of nitrogens with zero attached hydrogens (tertiary/aromatic N) is 2. The zero-order valence-corrected chi connectivity index (χ0v) is 48.8. The molecule has 456 valence electrons. The van der Waals surface area contributed by atoms with Crippen molar-refractivity contribution in [3.63, 3.8) is 0 Å². The zero-order valence-electron chi connectivity index (χ0n) is 48.8. The first kappa shape index (κ1) is 64.9. The van der Waals surface area contributed by atoms with Gasteiger partial charge in [-0.15, -0.1) is 0 Å². The van der Waals surface area contributed by atoms with Crippen molar-refractivity contribution in [1.29, 1.82) is 10.8 Å². The number of benzene rings is 4. The van der Waals surface area contributed by atoms with Gasteiger partial charge in [-0.05, 0) is 108 Å². The third kappa shape index (κ3) is 17.2. The molecule has 2 fully saturated rings. The number of nitrogens with one attached hydrogen (secondary N) is 4. The average Bonchev–Trinajstić information content (AvgIpc) is 2.14. The van der Waals surface area contributed by atoms with Crippen LogP contribution in [-0.4, -0.2) is 116 Å². The Bertz CT molecular complexity index is 3470. The van der Waals surface area contributed by atoms with E-state index in [0.29, 0.717) is 80.9 Å². The summed E-state index contributed by atoms with van der Waals surface area (Å²) in [6.07, 6.45) is 7.31. The Morgan fingerprint density at radius 2 is 0.943 bits per heavy atom. The molecule has 6 aromatic rings. The Balaban J connectivity index is 0.000000251. The standard InChI is InChI=1S/C33H34N4O7.C32H33N5O7/c1-4-21-15-25(27(38)14-19-8-10-22(11-9-19)31(34)35)24(16-28(21)42-3)23-12-13-26(32(40)36-17-20-6-7-20)37-30(23)33(41)44-18-43-29(39)5-2;1-3-20-13-24(26(38)12-18-6-8-21(9-7-18)30(34)35)23(14-27(20)42-2)22-10-11-25(31(40)36-16-19-4-5-19)37-29(22)32(41)44-17-43-28(39)15-33/h4,8-13,15-16,20H,1,5-7,14,17-18H2,2-3H3,(H3,34,35)(H,36,40);3,6-11,13-14,19H,1,4-5,12,15-17,33H2,2H3,(H3,34,35)(H,36,40).